The number of morpholine rings is 1. The van der Waals surface area contributed by atoms with Crippen molar-refractivity contribution in [1.29, 1.82) is 0 Å². The highest BCUT2D eigenvalue weighted by molar-refractivity contribution is 6.30. The molecule has 1 aliphatic rings. The van der Waals surface area contributed by atoms with Crippen LogP contribution in [-0.4, -0.2) is 42.2 Å². The van der Waals surface area contributed by atoms with Crippen LogP contribution >= 0.6 is 11.6 Å². The largest absolute Gasteiger partial charge is 0.384 e. The average Bonchev–Trinajstić information content (AvgIpc) is 2.85. The Kier molecular flexibility index (Phi) is 6.88. The Bertz CT molecular complexity index is 1170. The molecule has 0 spiro atoms. The van der Waals surface area contributed by atoms with E-state index < -0.39 is 16.9 Å². The smallest absolute Gasteiger partial charge is 0.293 e. The lowest BCUT2D eigenvalue weighted by atomic mass is 9.99. The Hall–Kier alpha value is -3.46. The third kappa shape index (κ3) is 5.14. The van der Waals surface area contributed by atoms with Crippen LogP contribution in [0.3, 0.4) is 0 Å². The molecular weight excluding hydrogens is 446 g/mol. The second kappa shape index (κ2) is 9.99. The molecule has 1 fully saturated rings. The van der Waals surface area contributed by atoms with E-state index in [-0.39, 0.29) is 11.3 Å². The Morgan fingerprint density at radius 3 is 2.52 bits per heavy atom. The van der Waals surface area contributed by atoms with Crippen LogP contribution in [0.5, 0.6) is 0 Å². The van der Waals surface area contributed by atoms with Crippen molar-refractivity contribution in [2.45, 2.75) is 6.10 Å². The molecule has 1 saturated heterocycles. The fraction of sp³-hybridized carbons (Fsp3) is 0.208. The molecule has 0 unspecified atom stereocenters. The number of carbonyl (C=O) groups is 1. The van der Waals surface area contributed by atoms with Crippen LogP contribution in [0, 0.1) is 10.1 Å². The quantitative estimate of drug-likeness (QED) is 0.410. The predicted octanol–water partition coefficient (Wildman–Crippen LogP) is 4.42. The van der Waals surface area contributed by atoms with Gasteiger partial charge in [0.2, 0.25) is 0 Å². The first-order chi connectivity index (χ1) is 15.9. The second-order valence-electron chi connectivity index (χ2n) is 7.56. The van der Waals surface area contributed by atoms with Crippen molar-refractivity contribution in [2.24, 2.45) is 0 Å². The summed E-state index contributed by atoms with van der Waals surface area (Å²) in [6.07, 6.45) is -1.02. The third-order valence-electron chi connectivity index (χ3n) is 5.46. The van der Waals surface area contributed by atoms with Crippen molar-refractivity contribution in [3.8, 4) is 0 Å². The van der Waals surface area contributed by atoms with Gasteiger partial charge in [0.1, 0.15) is 11.8 Å². The number of nitrogens with zero attached hydrogens (tertiary/aromatic N) is 2. The molecule has 33 heavy (non-hydrogen) atoms. The van der Waals surface area contributed by atoms with E-state index in [0.29, 0.717) is 53.8 Å². The molecular formula is C24H22ClN3O5. The summed E-state index contributed by atoms with van der Waals surface area (Å²) < 4.78 is 5.32. The van der Waals surface area contributed by atoms with E-state index >= 15 is 0 Å². The molecule has 170 valence electrons. The summed E-state index contributed by atoms with van der Waals surface area (Å²) in [6, 6.07) is 18.2. The number of hydrogen-bond donors (Lipinski definition) is 2. The number of nitrogens with one attached hydrogen (secondary N) is 1. The van der Waals surface area contributed by atoms with Gasteiger partial charge < -0.3 is 20.1 Å². The minimum atomic E-state index is -1.02. The zero-order valence-electron chi connectivity index (χ0n) is 17.6. The number of aliphatic hydroxyl groups is 1. The number of amides is 1. The van der Waals surface area contributed by atoms with Gasteiger partial charge in [-0.15, -0.1) is 0 Å². The highest BCUT2D eigenvalue weighted by Gasteiger charge is 2.24. The van der Waals surface area contributed by atoms with Gasteiger partial charge in [-0.1, -0.05) is 41.9 Å². The van der Waals surface area contributed by atoms with Crippen LogP contribution in [0.25, 0.3) is 0 Å². The summed E-state index contributed by atoms with van der Waals surface area (Å²) in [5.74, 6) is -0.532. The number of rotatable bonds is 6. The van der Waals surface area contributed by atoms with Crippen LogP contribution in [0.15, 0.2) is 66.7 Å². The topological polar surface area (TPSA) is 105 Å². The van der Waals surface area contributed by atoms with Gasteiger partial charge in [-0.2, -0.15) is 0 Å². The van der Waals surface area contributed by atoms with Gasteiger partial charge in [-0.3, -0.25) is 14.9 Å². The summed E-state index contributed by atoms with van der Waals surface area (Å²) in [6.45, 7) is 2.06. The Morgan fingerprint density at radius 1 is 1.09 bits per heavy atom. The van der Waals surface area contributed by atoms with E-state index in [1.54, 1.807) is 54.6 Å². The van der Waals surface area contributed by atoms with E-state index in [1.165, 1.54) is 6.07 Å². The fourth-order valence-corrected chi connectivity index (χ4v) is 3.95. The lowest BCUT2D eigenvalue weighted by Gasteiger charge is -2.28. The monoisotopic (exact) mass is 467 g/mol. The first-order valence-electron chi connectivity index (χ1n) is 10.4. The van der Waals surface area contributed by atoms with Crippen molar-refractivity contribution < 1.29 is 19.6 Å². The Labute approximate surface area is 195 Å². The van der Waals surface area contributed by atoms with Gasteiger partial charge in [0.05, 0.1) is 18.1 Å². The molecule has 0 aromatic heterocycles. The van der Waals surface area contributed by atoms with Gasteiger partial charge in [-0.25, -0.2) is 0 Å². The SMILES string of the molecule is O=C(Nc1ccc(Cl)cc1[C@@H](O)c1ccccc1)c1ccc(N2CCOCC2)c([N+](=O)[O-])c1. The van der Waals surface area contributed by atoms with Crippen LogP contribution in [0.2, 0.25) is 5.02 Å². The highest BCUT2D eigenvalue weighted by atomic mass is 35.5. The van der Waals surface area contributed by atoms with E-state index in [1.807, 2.05) is 11.0 Å². The molecule has 9 heteroatoms. The van der Waals surface area contributed by atoms with Crippen molar-refractivity contribution in [3.63, 3.8) is 0 Å². The number of hydrogen-bond acceptors (Lipinski definition) is 6. The molecule has 8 nitrogen and oxygen atoms in total. The molecule has 1 heterocycles. The molecule has 1 aliphatic heterocycles. The van der Waals surface area contributed by atoms with E-state index in [0.717, 1.165) is 0 Å². The van der Waals surface area contributed by atoms with E-state index in [4.69, 9.17) is 16.3 Å². The van der Waals surface area contributed by atoms with Gasteiger partial charge in [0, 0.05) is 41.0 Å². The number of carbonyl (C=O) groups excluding carboxylic acids is 1. The van der Waals surface area contributed by atoms with E-state index in [9.17, 15) is 20.0 Å². The number of halogens is 1. The summed E-state index contributed by atoms with van der Waals surface area (Å²) in [4.78, 5) is 26.1. The summed E-state index contributed by atoms with van der Waals surface area (Å²) in [7, 11) is 0. The lowest BCUT2D eigenvalue weighted by Crippen LogP contribution is -2.36. The van der Waals surface area contributed by atoms with Crippen molar-refractivity contribution in [1.82, 2.24) is 0 Å². The maximum absolute atomic E-state index is 13.0. The molecule has 1 amide bonds. The first-order valence-corrected chi connectivity index (χ1v) is 10.8. The van der Waals surface area contributed by atoms with Crippen LogP contribution < -0.4 is 10.2 Å². The molecule has 0 bridgehead atoms. The van der Waals surface area contributed by atoms with Crippen molar-refractivity contribution in [2.75, 3.05) is 36.5 Å². The summed E-state index contributed by atoms with van der Waals surface area (Å²) in [5.41, 5.74) is 1.86. The number of benzene rings is 3. The van der Waals surface area contributed by atoms with Gasteiger partial charge in [-0.05, 0) is 35.9 Å². The molecule has 2 N–H and O–H groups in total. The Balaban J connectivity index is 1.62. The van der Waals surface area contributed by atoms with Crippen molar-refractivity contribution >= 4 is 34.6 Å². The number of aliphatic hydroxyl groups excluding tert-OH is 1. The standard InChI is InChI=1S/C24H22ClN3O5/c25-18-7-8-20(19(15-18)23(29)16-4-2-1-3-5-16)26-24(30)17-6-9-21(22(14-17)28(31)32)27-10-12-33-13-11-27/h1-9,14-15,23,29H,10-13H2,(H,26,30)/t23-/m0/s1. The number of anilines is 2. The molecule has 1 atom stereocenters. The van der Waals surface area contributed by atoms with E-state index in [2.05, 4.69) is 5.32 Å². The normalized spacial score (nSPS) is 14.5. The molecule has 0 aliphatic carbocycles. The average molecular weight is 468 g/mol. The molecule has 0 saturated carbocycles. The number of nitro benzene ring substituents is 1. The van der Waals surface area contributed by atoms with Crippen LogP contribution in [0.1, 0.15) is 27.6 Å². The number of nitro groups is 1. The predicted molar refractivity (Wildman–Crippen MR) is 126 cm³/mol. The molecule has 0 radical (unpaired) electrons. The second-order valence-corrected chi connectivity index (χ2v) is 8.00. The maximum Gasteiger partial charge on any atom is 0.293 e. The van der Waals surface area contributed by atoms with Crippen LogP contribution in [0.4, 0.5) is 17.1 Å². The molecule has 3 aromatic rings. The zero-order valence-corrected chi connectivity index (χ0v) is 18.4. The molecule has 3 aromatic carbocycles. The van der Waals surface area contributed by atoms with Crippen molar-refractivity contribution in [3.05, 3.63) is 98.6 Å². The summed E-state index contributed by atoms with van der Waals surface area (Å²) in [5, 5.41) is 25.7. The fourth-order valence-electron chi connectivity index (χ4n) is 3.77. The van der Waals surface area contributed by atoms with Gasteiger partial charge in [0.15, 0.2) is 0 Å². The van der Waals surface area contributed by atoms with Gasteiger partial charge >= 0.3 is 0 Å². The zero-order chi connectivity index (χ0) is 23.4. The van der Waals surface area contributed by atoms with Crippen LogP contribution in [-0.2, 0) is 4.74 Å². The molecule has 4 rings (SSSR count). The minimum absolute atomic E-state index is 0.133. The van der Waals surface area contributed by atoms with Gasteiger partial charge in [0.25, 0.3) is 11.6 Å². The third-order valence-corrected chi connectivity index (χ3v) is 5.69. The summed E-state index contributed by atoms with van der Waals surface area (Å²) >= 11 is 6.14. The first kappa shape index (κ1) is 22.7. The lowest BCUT2D eigenvalue weighted by molar-refractivity contribution is -0.384. The number of ether oxygens (including phenoxy) is 1. The highest BCUT2D eigenvalue weighted by Crippen LogP contribution is 2.33. The Morgan fingerprint density at radius 2 is 1.82 bits per heavy atom. The maximum atomic E-state index is 13.0. The minimum Gasteiger partial charge on any atom is -0.384 e.